The fraction of sp³-hybridized carbons (Fsp3) is 0.800. The molecular weight excluding hydrogens is 207 g/mol. The zero-order chi connectivity index (χ0) is 10.8. The van der Waals surface area contributed by atoms with Gasteiger partial charge in [-0.25, -0.2) is 0 Å². The molecule has 0 aliphatic rings. The summed E-state index contributed by atoms with van der Waals surface area (Å²) < 4.78 is 4.81. The second-order valence-electron chi connectivity index (χ2n) is 3.15. The van der Waals surface area contributed by atoms with Crippen molar-refractivity contribution < 1.29 is 49.0 Å². The van der Waals surface area contributed by atoms with Crippen molar-refractivity contribution in [3.05, 3.63) is 0 Å². The fourth-order valence-corrected chi connectivity index (χ4v) is 0.991. The van der Waals surface area contributed by atoms with E-state index in [9.17, 15) is 14.7 Å². The van der Waals surface area contributed by atoms with Gasteiger partial charge in [0.1, 0.15) is 0 Å². The van der Waals surface area contributed by atoms with E-state index < -0.39 is 11.9 Å². The van der Waals surface area contributed by atoms with Crippen LogP contribution < -0.4 is 34.7 Å². The molecule has 0 heterocycles. The van der Waals surface area contributed by atoms with Crippen molar-refractivity contribution in [3.8, 4) is 0 Å². The normalized spacial score (nSPS) is 9.13. The molecule has 82 valence electrons. The van der Waals surface area contributed by atoms with Crippen molar-refractivity contribution in [2.75, 3.05) is 6.61 Å². The maximum absolute atomic E-state index is 10.9. The maximum Gasteiger partial charge on any atom is 1.00 e. The minimum atomic E-state index is -1.21. The van der Waals surface area contributed by atoms with Crippen LogP contribution in [0.1, 0.15) is 45.4 Å². The molecule has 0 saturated heterocycles. The Morgan fingerprint density at radius 1 is 1.13 bits per heavy atom. The first-order valence-corrected chi connectivity index (χ1v) is 5.02. The summed E-state index contributed by atoms with van der Waals surface area (Å²) in [4.78, 5) is 20.9. The Morgan fingerprint density at radius 2 is 1.80 bits per heavy atom. The molecule has 4 nitrogen and oxygen atoms in total. The predicted octanol–water partition coefficient (Wildman–Crippen LogP) is -2.36. The van der Waals surface area contributed by atoms with E-state index in [0.717, 1.165) is 25.7 Å². The molecule has 0 rings (SSSR count). The van der Waals surface area contributed by atoms with Crippen molar-refractivity contribution in [3.63, 3.8) is 0 Å². The molecule has 0 fully saturated rings. The molecule has 0 bridgehead atoms. The smallest absolute Gasteiger partial charge is 0.550 e. The van der Waals surface area contributed by atoms with Gasteiger partial charge >= 0.3 is 35.5 Å². The number of carbonyl (C=O) groups is 2. The van der Waals surface area contributed by atoms with Gasteiger partial charge in [0.2, 0.25) is 0 Å². The van der Waals surface area contributed by atoms with Crippen LogP contribution in [0.3, 0.4) is 0 Å². The second-order valence-corrected chi connectivity index (χ2v) is 3.15. The van der Waals surface area contributed by atoms with E-state index in [4.69, 9.17) is 4.74 Å². The van der Waals surface area contributed by atoms with Crippen molar-refractivity contribution in [1.29, 1.82) is 0 Å². The van der Waals surface area contributed by atoms with E-state index in [1.165, 1.54) is 0 Å². The van der Waals surface area contributed by atoms with Gasteiger partial charge in [0.25, 0.3) is 0 Å². The standard InChI is InChI=1S/C10H18O4.Na/c1-2-3-4-5-8-14-10(13)7-6-9(11)12;/h2-8H2,1H3,(H,11,12);/q;+1/p-1. The molecule has 0 aromatic heterocycles. The number of unbranched alkanes of at least 4 members (excludes halogenated alkanes) is 3. The molecule has 0 aromatic rings. The van der Waals surface area contributed by atoms with Crippen LogP contribution in [0, 0.1) is 0 Å². The largest absolute Gasteiger partial charge is 1.00 e. The number of carboxylic acid groups (broad SMARTS) is 1. The van der Waals surface area contributed by atoms with Crippen LogP contribution in [0.25, 0.3) is 0 Å². The number of rotatable bonds is 8. The molecule has 0 aliphatic heterocycles. The third-order valence-electron chi connectivity index (χ3n) is 1.79. The van der Waals surface area contributed by atoms with E-state index >= 15 is 0 Å². The van der Waals surface area contributed by atoms with E-state index in [1.54, 1.807) is 0 Å². The van der Waals surface area contributed by atoms with Gasteiger partial charge in [0.05, 0.1) is 13.0 Å². The number of esters is 1. The van der Waals surface area contributed by atoms with Gasteiger partial charge in [-0.15, -0.1) is 0 Å². The van der Waals surface area contributed by atoms with E-state index in [2.05, 4.69) is 6.92 Å². The van der Waals surface area contributed by atoms with Gasteiger partial charge in [0, 0.05) is 5.97 Å². The summed E-state index contributed by atoms with van der Waals surface area (Å²) in [7, 11) is 0. The quantitative estimate of drug-likeness (QED) is 0.263. The van der Waals surface area contributed by atoms with Crippen molar-refractivity contribution in [2.45, 2.75) is 45.4 Å². The SMILES string of the molecule is CCCCCCOC(=O)CCC(=O)[O-].[Na+]. The summed E-state index contributed by atoms with van der Waals surface area (Å²) in [5, 5.41) is 10.0. The number of carboxylic acids is 1. The van der Waals surface area contributed by atoms with Crippen LogP contribution in [0.15, 0.2) is 0 Å². The Hall–Kier alpha value is -0.0600. The molecule has 0 spiro atoms. The molecule has 15 heavy (non-hydrogen) atoms. The van der Waals surface area contributed by atoms with Crippen LogP contribution in [0.5, 0.6) is 0 Å². The molecular formula is C10H17NaO4. The zero-order valence-electron chi connectivity index (χ0n) is 9.58. The second kappa shape index (κ2) is 12.0. The molecule has 0 N–H and O–H groups in total. The third-order valence-corrected chi connectivity index (χ3v) is 1.79. The van der Waals surface area contributed by atoms with E-state index in [1.807, 2.05) is 0 Å². The molecule has 5 heteroatoms. The Labute approximate surface area is 113 Å². The Kier molecular flexibility index (Phi) is 13.9. The Balaban J connectivity index is 0. The molecule has 0 amide bonds. The minimum absolute atomic E-state index is 0. The first kappa shape index (κ1) is 17.3. The van der Waals surface area contributed by atoms with Crippen LogP contribution in [0.4, 0.5) is 0 Å². The number of ether oxygens (including phenoxy) is 1. The Morgan fingerprint density at radius 3 is 2.33 bits per heavy atom. The summed E-state index contributed by atoms with van der Waals surface area (Å²) in [6.07, 6.45) is 3.83. The molecule has 0 aromatic carbocycles. The van der Waals surface area contributed by atoms with Crippen LogP contribution in [-0.2, 0) is 14.3 Å². The van der Waals surface area contributed by atoms with Crippen molar-refractivity contribution >= 4 is 11.9 Å². The number of carbonyl (C=O) groups excluding carboxylic acids is 2. The van der Waals surface area contributed by atoms with Gasteiger partial charge in [-0.3, -0.25) is 4.79 Å². The molecule has 0 atom stereocenters. The summed E-state index contributed by atoms with van der Waals surface area (Å²) in [6, 6.07) is 0. The van der Waals surface area contributed by atoms with E-state index in [-0.39, 0.29) is 42.4 Å². The van der Waals surface area contributed by atoms with E-state index in [0.29, 0.717) is 6.61 Å². The maximum atomic E-state index is 10.9. The minimum Gasteiger partial charge on any atom is -0.550 e. The summed E-state index contributed by atoms with van der Waals surface area (Å²) in [5.74, 6) is -1.67. The van der Waals surface area contributed by atoms with Crippen LogP contribution >= 0.6 is 0 Å². The summed E-state index contributed by atoms with van der Waals surface area (Å²) >= 11 is 0. The van der Waals surface area contributed by atoms with Crippen molar-refractivity contribution in [2.24, 2.45) is 0 Å². The van der Waals surface area contributed by atoms with Gasteiger partial charge in [-0.2, -0.15) is 0 Å². The predicted molar refractivity (Wildman–Crippen MR) is 49.3 cm³/mol. The molecule has 0 aliphatic carbocycles. The average molecular weight is 224 g/mol. The molecule has 0 radical (unpaired) electrons. The topological polar surface area (TPSA) is 66.4 Å². The molecule has 0 unspecified atom stereocenters. The van der Waals surface area contributed by atoms with Crippen LogP contribution in [-0.4, -0.2) is 18.5 Å². The zero-order valence-corrected chi connectivity index (χ0v) is 11.6. The third kappa shape index (κ3) is 13.9. The van der Waals surface area contributed by atoms with Gasteiger partial charge in [-0.05, 0) is 12.8 Å². The number of hydrogen-bond acceptors (Lipinski definition) is 4. The monoisotopic (exact) mass is 224 g/mol. The summed E-state index contributed by atoms with van der Waals surface area (Å²) in [5.41, 5.74) is 0. The van der Waals surface area contributed by atoms with Gasteiger partial charge < -0.3 is 14.6 Å². The van der Waals surface area contributed by atoms with Gasteiger partial charge in [-0.1, -0.05) is 26.2 Å². The van der Waals surface area contributed by atoms with Crippen LogP contribution in [0.2, 0.25) is 0 Å². The molecule has 0 saturated carbocycles. The number of hydrogen-bond donors (Lipinski definition) is 0. The van der Waals surface area contributed by atoms with Crippen molar-refractivity contribution in [1.82, 2.24) is 0 Å². The summed E-state index contributed by atoms with van der Waals surface area (Å²) in [6.45, 7) is 2.50. The fourth-order valence-electron chi connectivity index (χ4n) is 0.991. The number of aliphatic carboxylic acids is 1. The Bertz CT molecular complexity index is 182. The van der Waals surface area contributed by atoms with Gasteiger partial charge in [0.15, 0.2) is 0 Å². The first-order valence-electron chi connectivity index (χ1n) is 5.02. The first-order chi connectivity index (χ1) is 6.66. The average Bonchev–Trinajstić information content (AvgIpc) is 2.14.